The second-order valence-corrected chi connectivity index (χ2v) is 4.72. The summed E-state index contributed by atoms with van der Waals surface area (Å²) < 4.78 is 0.474. The molecule has 0 aliphatic carbocycles. The highest BCUT2D eigenvalue weighted by atomic mass is 79.9. The van der Waals surface area contributed by atoms with Gasteiger partial charge < -0.3 is 5.32 Å². The quantitative estimate of drug-likeness (QED) is 0.665. The van der Waals surface area contributed by atoms with Crippen molar-refractivity contribution in [1.82, 2.24) is 5.32 Å². The minimum atomic E-state index is -0.560. The third-order valence-electron chi connectivity index (χ3n) is 2.57. The number of non-ortho nitro benzene ring substituents is 1. The van der Waals surface area contributed by atoms with Gasteiger partial charge in [-0.05, 0) is 28.4 Å². The zero-order valence-electron chi connectivity index (χ0n) is 10.2. The van der Waals surface area contributed by atoms with Crippen molar-refractivity contribution in [2.75, 3.05) is 0 Å². The van der Waals surface area contributed by atoms with Crippen molar-refractivity contribution >= 4 is 27.5 Å². The molecule has 1 unspecified atom stereocenters. The predicted octanol–water partition coefficient (Wildman–Crippen LogP) is 2.78. The Labute approximate surface area is 118 Å². The highest BCUT2D eigenvalue weighted by Gasteiger charge is 2.17. The third kappa shape index (κ3) is 4.03. The van der Waals surface area contributed by atoms with Crippen LogP contribution in [0.4, 0.5) is 5.69 Å². The molecule has 0 spiro atoms. The summed E-state index contributed by atoms with van der Waals surface area (Å²) in [6, 6.07) is 5.70. The van der Waals surface area contributed by atoms with E-state index in [0.29, 0.717) is 10.9 Å². The Morgan fingerprint density at radius 3 is 2.84 bits per heavy atom. The number of nitriles is 1. The minimum absolute atomic E-state index is 0.151. The topological polar surface area (TPSA) is 96.0 Å². The monoisotopic (exact) mass is 325 g/mol. The molecule has 1 amide bonds. The summed E-state index contributed by atoms with van der Waals surface area (Å²) in [6.07, 6.45) is 0.820. The van der Waals surface area contributed by atoms with Gasteiger partial charge in [0, 0.05) is 22.6 Å². The number of nitro groups is 1. The zero-order valence-corrected chi connectivity index (χ0v) is 11.8. The van der Waals surface area contributed by atoms with Gasteiger partial charge in [0.25, 0.3) is 11.6 Å². The van der Waals surface area contributed by atoms with Gasteiger partial charge in [-0.3, -0.25) is 14.9 Å². The molecule has 0 bridgehead atoms. The fraction of sp³-hybridized carbons (Fsp3) is 0.333. The van der Waals surface area contributed by atoms with E-state index in [4.69, 9.17) is 5.26 Å². The number of hydrogen-bond donors (Lipinski definition) is 1. The molecule has 1 atom stereocenters. The molecule has 1 aromatic rings. The number of hydrogen-bond acceptors (Lipinski definition) is 4. The van der Waals surface area contributed by atoms with Crippen LogP contribution in [0.15, 0.2) is 22.7 Å². The Bertz CT molecular complexity index is 540. The van der Waals surface area contributed by atoms with Crippen molar-refractivity contribution in [3.8, 4) is 6.07 Å². The third-order valence-corrected chi connectivity index (χ3v) is 3.26. The van der Waals surface area contributed by atoms with E-state index >= 15 is 0 Å². The van der Waals surface area contributed by atoms with Crippen molar-refractivity contribution in [3.05, 3.63) is 38.3 Å². The number of amides is 1. The molecule has 1 rings (SSSR count). The minimum Gasteiger partial charge on any atom is -0.348 e. The number of nitrogens with one attached hydrogen (secondary N) is 1. The number of carbonyl (C=O) groups is 1. The molecule has 1 aromatic carbocycles. The Balaban J connectivity index is 2.96. The lowest BCUT2D eigenvalue weighted by Crippen LogP contribution is -2.34. The van der Waals surface area contributed by atoms with Gasteiger partial charge in [-0.1, -0.05) is 6.92 Å². The highest BCUT2D eigenvalue weighted by molar-refractivity contribution is 9.10. The predicted molar refractivity (Wildman–Crippen MR) is 72.6 cm³/mol. The first-order valence-electron chi connectivity index (χ1n) is 5.61. The summed E-state index contributed by atoms with van der Waals surface area (Å²) in [5.41, 5.74) is 0.0345. The van der Waals surface area contributed by atoms with E-state index in [1.165, 1.54) is 18.2 Å². The zero-order chi connectivity index (χ0) is 14.4. The number of nitrogens with zero attached hydrogens (tertiary/aromatic N) is 2. The average Bonchev–Trinajstić information content (AvgIpc) is 2.38. The summed E-state index contributed by atoms with van der Waals surface area (Å²) in [5.74, 6) is -0.433. The van der Waals surface area contributed by atoms with Crippen LogP contribution in [0.2, 0.25) is 0 Å². The van der Waals surface area contributed by atoms with Gasteiger partial charge in [0.2, 0.25) is 0 Å². The lowest BCUT2D eigenvalue weighted by molar-refractivity contribution is -0.384. The molecular formula is C12H12BrN3O3. The smallest absolute Gasteiger partial charge is 0.270 e. The average molecular weight is 326 g/mol. The Kier molecular flexibility index (Phi) is 5.45. The Morgan fingerprint density at radius 2 is 2.32 bits per heavy atom. The van der Waals surface area contributed by atoms with Crippen LogP contribution in [0.5, 0.6) is 0 Å². The number of halogens is 1. The van der Waals surface area contributed by atoms with E-state index in [0.717, 1.165) is 0 Å². The summed E-state index contributed by atoms with van der Waals surface area (Å²) in [5, 5.41) is 22.0. The Hall–Kier alpha value is -1.94. The molecule has 0 saturated heterocycles. The molecular weight excluding hydrogens is 314 g/mol. The molecule has 0 aliphatic heterocycles. The fourth-order valence-electron chi connectivity index (χ4n) is 1.47. The van der Waals surface area contributed by atoms with Crippen molar-refractivity contribution in [1.29, 1.82) is 5.26 Å². The maximum Gasteiger partial charge on any atom is 0.270 e. The normalized spacial score (nSPS) is 11.4. The van der Waals surface area contributed by atoms with Crippen LogP contribution in [-0.4, -0.2) is 16.9 Å². The van der Waals surface area contributed by atoms with Gasteiger partial charge in [-0.25, -0.2) is 0 Å². The van der Waals surface area contributed by atoms with E-state index in [9.17, 15) is 14.9 Å². The van der Waals surface area contributed by atoms with E-state index in [1.54, 1.807) is 0 Å². The molecule has 100 valence electrons. The molecule has 7 heteroatoms. The lowest BCUT2D eigenvalue weighted by Gasteiger charge is -2.14. The standard InChI is InChI=1S/C12H12BrN3O3/c1-2-8(5-6-14)15-12(17)10-7-9(16(18)19)3-4-11(10)13/h3-4,7-8H,2,5H2,1H3,(H,15,17). The molecule has 19 heavy (non-hydrogen) atoms. The summed E-state index contributed by atoms with van der Waals surface area (Å²) in [6.45, 7) is 1.85. The molecule has 0 fully saturated rings. The van der Waals surface area contributed by atoms with Gasteiger partial charge in [0.05, 0.1) is 23.0 Å². The van der Waals surface area contributed by atoms with E-state index < -0.39 is 10.8 Å². The van der Waals surface area contributed by atoms with Crippen LogP contribution in [0, 0.1) is 21.4 Å². The van der Waals surface area contributed by atoms with Gasteiger partial charge in [0.15, 0.2) is 0 Å². The second-order valence-electron chi connectivity index (χ2n) is 3.86. The molecule has 0 aromatic heterocycles. The maximum atomic E-state index is 12.0. The van der Waals surface area contributed by atoms with Crippen molar-refractivity contribution in [2.24, 2.45) is 0 Å². The van der Waals surface area contributed by atoms with Crippen LogP contribution in [0.3, 0.4) is 0 Å². The maximum absolute atomic E-state index is 12.0. The number of rotatable bonds is 5. The number of nitro benzene ring substituents is 1. The van der Waals surface area contributed by atoms with Gasteiger partial charge >= 0.3 is 0 Å². The van der Waals surface area contributed by atoms with Crippen molar-refractivity contribution < 1.29 is 9.72 Å². The number of carbonyl (C=O) groups excluding carboxylic acids is 1. The molecule has 6 nitrogen and oxygen atoms in total. The summed E-state index contributed by atoms with van der Waals surface area (Å²) >= 11 is 3.18. The summed E-state index contributed by atoms with van der Waals surface area (Å²) in [4.78, 5) is 22.1. The van der Waals surface area contributed by atoms with Crippen LogP contribution in [-0.2, 0) is 0 Å². The SMILES string of the molecule is CCC(CC#N)NC(=O)c1cc([N+](=O)[O-])ccc1Br. The van der Waals surface area contributed by atoms with E-state index in [2.05, 4.69) is 21.2 Å². The van der Waals surface area contributed by atoms with Gasteiger partial charge in [-0.15, -0.1) is 0 Å². The Morgan fingerprint density at radius 1 is 1.63 bits per heavy atom. The molecule has 0 aliphatic rings. The first kappa shape index (κ1) is 15.1. The van der Waals surface area contributed by atoms with E-state index in [1.807, 2.05) is 13.0 Å². The second kappa shape index (κ2) is 6.85. The van der Waals surface area contributed by atoms with Crippen LogP contribution >= 0.6 is 15.9 Å². The first-order valence-corrected chi connectivity index (χ1v) is 6.40. The molecule has 0 radical (unpaired) electrons. The highest BCUT2D eigenvalue weighted by Crippen LogP contribution is 2.22. The summed E-state index contributed by atoms with van der Waals surface area (Å²) in [7, 11) is 0. The van der Waals surface area contributed by atoms with Crippen molar-refractivity contribution in [3.63, 3.8) is 0 Å². The van der Waals surface area contributed by atoms with Crippen LogP contribution < -0.4 is 5.32 Å². The molecule has 0 heterocycles. The van der Waals surface area contributed by atoms with Crippen LogP contribution in [0.1, 0.15) is 30.1 Å². The number of benzene rings is 1. The lowest BCUT2D eigenvalue weighted by atomic mass is 10.1. The van der Waals surface area contributed by atoms with Gasteiger partial charge in [-0.2, -0.15) is 5.26 Å². The van der Waals surface area contributed by atoms with Crippen molar-refractivity contribution in [2.45, 2.75) is 25.8 Å². The van der Waals surface area contributed by atoms with Gasteiger partial charge in [0.1, 0.15) is 0 Å². The largest absolute Gasteiger partial charge is 0.348 e. The molecule has 0 saturated carbocycles. The van der Waals surface area contributed by atoms with Crippen LogP contribution in [0.25, 0.3) is 0 Å². The fourth-order valence-corrected chi connectivity index (χ4v) is 1.90. The molecule has 1 N–H and O–H groups in total. The first-order chi connectivity index (χ1) is 8.99. The van der Waals surface area contributed by atoms with E-state index in [-0.39, 0.29) is 23.7 Å².